The number of carbonyl (C=O) groups excluding carboxylic acids is 2. The van der Waals surface area contributed by atoms with E-state index in [0.717, 1.165) is 29.9 Å². The van der Waals surface area contributed by atoms with E-state index in [2.05, 4.69) is 16.5 Å². The predicted molar refractivity (Wildman–Crippen MR) is 96.4 cm³/mol. The van der Waals surface area contributed by atoms with Crippen LogP contribution in [0, 0.1) is 12.3 Å². The van der Waals surface area contributed by atoms with Crippen molar-refractivity contribution in [3.63, 3.8) is 0 Å². The van der Waals surface area contributed by atoms with Gasteiger partial charge in [-0.25, -0.2) is 9.78 Å². The van der Waals surface area contributed by atoms with Crippen LogP contribution >= 0.6 is 0 Å². The average Bonchev–Trinajstić information content (AvgIpc) is 2.96. The van der Waals surface area contributed by atoms with Crippen LogP contribution in [-0.4, -0.2) is 46.4 Å². The number of nitrogens with one attached hydrogen (secondary N) is 1. The van der Waals surface area contributed by atoms with E-state index in [4.69, 9.17) is 4.74 Å². The second-order valence-electron chi connectivity index (χ2n) is 7.29. The number of aromatic amines is 1. The van der Waals surface area contributed by atoms with Crippen molar-refractivity contribution in [1.29, 1.82) is 0 Å². The summed E-state index contributed by atoms with van der Waals surface area (Å²) < 4.78 is 5.04. The predicted octanol–water partition coefficient (Wildman–Crippen LogP) is 3.20. The molecule has 1 aromatic heterocycles. The van der Waals surface area contributed by atoms with E-state index >= 15 is 0 Å². The highest BCUT2D eigenvalue weighted by atomic mass is 16.5. The van der Waals surface area contributed by atoms with Crippen LogP contribution in [0.1, 0.15) is 68.5 Å². The maximum atomic E-state index is 12.7. The van der Waals surface area contributed by atoms with Crippen LogP contribution in [0.5, 0.6) is 0 Å². The summed E-state index contributed by atoms with van der Waals surface area (Å²) in [6, 6.07) is 0. The molecule has 0 saturated carbocycles. The lowest BCUT2D eigenvalue weighted by Gasteiger charge is -2.36. The number of H-pyrrole nitrogens is 1. The number of hydrogen-bond acceptors (Lipinski definition) is 4. The molecule has 0 unspecified atom stereocenters. The maximum Gasteiger partial charge on any atom is 0.358 e. The first-order valence-electron chi connectivity index (χ1n) is 8.87. The summed E-state index contributed by atoms with van der Waals surface area (Å²) in [6.07, 6.45) is 1.65. The molecule has 6 nitrogen and oxygen atoms in total. The van der Waals surface area contributed by atoms with Gasteiger partial charge in [0.05, 0.1) is 12.0 Å². The number of hydrogen-bond donors (Lipinski definition) is 1. The first kappa shape index (κ1) is 19.2. The van der Waals surface area contributed by atoms with Gasteiger partial charge in [-0.2, -0.15) is 0 Å². The first-order valence-corrected chi connectivity index (χ1v) is 8.87. The zero-order chi connectivity index (χ0) is 18.8. The number of rotatable bonds is 5. The van der Waals surface area contributed by atoms with Crippen molar-refractivity contribution < 1.29 is 14.3 Å². The van der Waals surface area contributed by atoms with E-state index in [0.29, 0.717) is 25.4 Å². The van der Waals surface area contributed by atoms with E-state index in [9.17, 15) is 9.59 Å². The van der Waals surface area contributed by atoms with Crippen molar-refractivity contribution >= 4 is 11.9 Å². The van der Waals surface area contributed by atoms with Gasteiger partial charge in [-0.15, -0.1) is 0 Å². The molecule has 1 N–H and O–H groups in total. The highest BCUT2D eigenvalue weighted by Crippen LogP contribution is 2.32. The third kappa shape index (κ3) is 3.94. The van der Waals surface area contributed by atoms with Gasteiger partial charge in [0.15, 0.2) is 5.69 Å². The van der Waals surface area contributed by atoms with Gasteiger partial charge >= 0.3 is 5.97 Å². The molecule has 6 heteroatoms. The monoisotopic (exact) mass is 347 g/mol. The Morgan fingerprint density at radius 2 is 1.96 bits per heavy atom. The van der Waals surface area contributed by atoms with Gasteiger partial charge in [0, 0.05) is 24.7 Å². The summed E-state index contributed by atoms with van der Waals surface area (Å²) in [4.78, 5) is 34.2. The van der Waals surface area contributed by atoms with Crippen molar-refractivity contribution in [2.45, 2.75) is 53.4 Å². The fourth-order valence-electron chi connectivity index (χ4n) is 3.01. The molecule has 0 spiro atoms. The SMILES string of the molecule is C=C(C)C(C)(C)C(=O)N1CCC(c2nc(C(=O)OCC)c(C)[nH]2)CC1. The van der Waals surface area contributed by atoms with Crippen molar-refractivity contribution in [3.8, 4) is 0 Å². The van der Waals surface area contributed by atoms with Gasteiger partial charge in [0.2, 0.25) is 5.91 Å². The highest BCUT2D eigenvalue weighted by molar-refractivity contribution is 5.88. The molecule has 0 bridgehead atoms. The van der Waals surface area contributed by atoms with Crippen LogP contribution < -0.4 is 0 Å². The molecule has 25 heavy (non-hydrogen) atoms. The van der Waals surface area contributed by atoms with Crippen molar-refractivity contribution in [1.82, 2.24) is 14.9 Å². The molecule has 0 aliphatic carbocycles. The number of imidazole rings is 1. The van der Waals surface area contributed by atoms with E-state index in [1.807, 2.05) is 32.6 Å². The fourth-order valence-corrected chi connectivity index (χ4v) is 3.01. The summed E-state index contributed by atoms with van der Waals surface area (Å²) in [5.41, 5.74) is 1.43. The van der Waals surface area contributed by atoms with Gasteiger partial charge < -0.3 is 14.6 Å². The topological polar surface area (TPSA) is 75.3 Å². The Kier molecular flexibility index (Phi) is 5.70. The fraction of sp³-hybridized carbons (Fsp3) is 0.632. The van der Waals surface area contributed by atoms with Crippen LogP contribution in [0.4, 0.5) is 0 Å². The Balaban J connectivity index is 2.03. The van der Waals surface area contributed by atoms with Crippen LogP contribution in [-0.2, 0) is 9.53 Å². The number of aryl methyl sites for hydroxylation is 1. The number of aromatic nitrogens is 2. The van der Waals surface area contributed by atoms with Gasteiger partial charge in [0.25, 0.3) is 0 Å². The Bertz CT molecular complexity index is 667. The van der Waals surface area contributed by atoms with Crippen LogP contribution in [0.2, 0.25) is 0 Å². The molecule has 2 rings (SSSR count). The number of piperidine rings is 1. The van der Waals surface area contributed by atoms with E-state index in [-0.39, 0.29) is 11.8 Å². The molecular formula is C19H29N3O3. The van der Waals surface area contributed by atoms with E-state index in [1.165, 1.54) is 0 Å². The summed E-state index contributed by atoms with van der Waals surface area (Å²) in [5.74, 6) is 0.769. The quantitative estimate of drug-likeness (QED) is 0.655. The van der Waals surface area contributed by atoms with Crippen LogP contribution in [0.3, 0.4) is 0 Å². The molecular weight excluding hydrogens is 318 g/mol. The van der Waals surface area contributed by atoms with Crippen LogP contribution in [0.15, 0.2) is 12.2 Å². The zero-order valence-corrected chi connectivity index (χ0v) is 15.9. The number of nitrogens with zero attached hydrogens (tertiary/aromatic N) is 2. The van der Waals surface area contributed by atoms with Gasteiger partial charge in [-0.3, -0.25) is 4.79 Å². The molecule has 1 aliphatic rings. The summed E-state index contributed by atoms with van der Waals surface area (Å²) in [6.45, 7) is 15.0. The summed E-state index contributed by atoms with van der Waals surface area (Å²) in [7, 11) is 0. The third-order valence-electron chi connectivity index (χ3n) is 5.14. The molecule has 138 valence electrons. The number of ether oxygens (including phenoxy) is 1. The Morgan fingerprint density at radius 1 is 1.36 bits per heavy atom. The minimum atomic E-state index is -0.537. The Labute approximate surface area is 149 Å². The number of esters is 1. The van der Waals surface area contributed by atoms with Crippen molar-refractivity contribution in [2.75, 3.05) is 19.7 Å². The molecule has 1 saturated heterocycles. The number of amides is 1. The molecule has 1 aliphatic heterocycles. The van der Waals surface area contributed by atoms with Crippen LogP contribution in [0.25, 0.3) is 0 Å². The van der Waals surface area contributed by atoms with E-state index < -0.39 is 11.4 Å². The number of likely N-dealkylation sites (tertiary alicyclic amines) is 1. The Morgan fingerprint density at radius 3 is 2.48 bits per heavy atom. The molecule has 2 heterocycles. The average molecular weight is 347 g/mol. The molecule has 0 radical (unpaired) electrons. The Hall–Kier alpha value is -2.11. The lowest BCUT2D eigenvalue weighted by molar-refractivity contribution is -0.139. The van der Waals surface area contributed by atoms with Gasteiger partial charge in [0.1, 0.15) is 5.82 Å². The van der Waals surface area contributed by atoms with Gasteiger partial charge in [-0.1, -0.05) is 12.2 Å². The minimum Gasteiger partial charge on any atom is -0.461 e. The van der Waals surface area contributed by atoms with Gasteiger partial charge in [-0.05, 0) is 47.5 Å². The number of carbonyl (C=O) groups is 2. The largest absolute Gasteiger partial charge is 0.461 e. The normalized spacial score (nSPS) is 16.0. The van der Waals surface area contributed by atoms with E-state index in [1.54, 1.807) is 6.92 Å². The lowest BCUT2D eigenvalue weighted by atomic mass is 9.83. The lowest BCUT2D eigenvalue weighted by Crippen LogP contribution is -2.45. The molecule has 1 amide bonds. The second-order valence-corrected chi connectivity index (χ2v) is 7.29. The summed E-state index contributed by atoms with van der Waals surface area (Å²) >= 11 is 0. The zero-order valence-electron chi connectivity index (χ0n) is 15.9. The molecule has 0 atom stereocenters. The highest BCUT2D eigenvalue weighted by Gasteiger charge is 2.35. The molecule has 0 aromatic carbocycles. The smallest absolute Gasteiger partial charge is 0.358 e. The van der Waals surface area contributed by atoms with Crippen molar-refractivity contribution in [2.24, 2.45) is 5.41 Å². The summed E-state index contributed by atoms with van der Waals surface area (Å²) in [5, 5.41) is 0. The molecule has 1 fully saturated rings. The third-order valence-corrected chi connectivity index (χ3v) is 5.14. The second kappa shape index (κ2) is 7.42. The standard InChI is InChI=1S/C19H29N3O3/c1-7-25-17(23)15-13(4)20-16(21-15)14-8-10-22(11-9-14)18(24)19(5,6)12(2)3/h14H,2,7-11H2,1,3-6H3,(H,20,21). The minimum absolute atomic E-state index is 0.126. The first-order chi connectivity index (χ1) is 11.7. The maximum absolute atomic E-state index is 12.7. The van der Waals surface area contributed by atoms with Crippen molar-refractivity contribution in [3.05, 3.63) is 29.4 Å². The molecule has 1 aromatic rings.